The number of para-hydroxylation sites is 2. The topological polar surface area (TPSA) is 68.9 Å². The van der Waals surface area contributed by atoms with Crippen molar-refractivity contribution in [1.29, 1.82) is 0 Å². The van der Waals surface area contributed by atoms with Gasteiger partial charge in [-0.3, -0.25) is 0 Å². The Labute approximate surface area is 143 Å². The second-order valence-corrected chi connectivity index (χ2v) is 6.96. The Morgan fingerprint density at radius 1 is 1.32 bits per heavy atom. The Bertz CT molecular complexity index is 688. The van der Waals surface area contributed by atoms with Crippen LogP contribution in [0, 0.1) is 11.3 Å². The predicted octanol–water partition coefficient (Wildman–Crippen LogP) is 3.27. The molecule has 0 aromatic heterocycles. The highest BCUT2D eigenvalue weighted by Gasteiger charge is 2.66. The van der Waals surface area contributed by atoms with E-state index in [1.54, 1.807) is 6.07 Å². The number of aliphatic imine (C=N–C) groups is 1. The molecular weight excluding hydrogens is 335 g/mol. The number of nitrogens with zero attached hydrogens (tertiary/aromatic N) is 1. The summed E-state index contributed by atoms with van der Waals surface area (Å²) in [5.41, 5.74) is 6.21. The molecule has 4 rings (SSSR count). The fraction of sp³-hybridized carbons (Fsp3) is 0.588. The van der Waals surface area contributed by atoms with Crippen molar-refractivity contribution in [3.8, 4) is 5.75 Å². The van der Waals surface area contributed by atoms with Gasteiger partial charge in [-0.25, -0.2) is 4.99 Å². The van der Waals surface area contributed by atoms with E-state index in [0.29, 0.717) is 5.92 Å². The highest BCUT2D eigenvalue weighted by Crippen LogP contribution is 2.64. The second kappa shape index (κ2) is 5.79. The van der Waals surface area contributed by atoms with E-state index < -0.39 is 6.36 Å². The van der Waals surface area contributed by atoms with Crippen LogP contribution in [0.15, 0.2) is 29.3 Å². The molecule has 1 aromatic carbocycles. The smallest absolute Gasteiger partial charge is 0.404 e. The summed E-state index contributed by atoms with van der Waals surface area (Å²) < 4.78 is 47.4. The van der Waals surface area contributed by atoms with Crippen molar-refractivity contribution in [2.24, 2.45) is 22.1 Å². The third-order valence-corrected chi connectivity index (χ3v) is 5.64. The van der Waals surface area contributed by atoms with Gasteiger partial charge >= 0.3 is 6.36 Å². The Morgan fingerprint density at radius 3 is 2.76 bits per heavy atom. The molecule has 1 spiro atoms. The predicted molar refractivity (Wildman–Crippen MR) is 86.3 cm³/mol. The van der Waals surface area contributed by atoms with Gasteiger partial charge in [-0.1, -0.05) is 18.6 Å². The molecule has 1 aliphatic heterocycles. The van der Waals surface area contributed by atoms with Gasteiger partial charge in [0.25, 0.3) is 0 Å². The van der Waals surface area contributed by atoms with Crippen molar-refractivity contribution in [2.75, 3.05) is 11.9 Å². The van der Waals surface area contributed by atoms with Crippen LogP contribution in [0.5, 0.6) is 5.75 Å². The van der Waals surface area contributed by atoms with Crippen molar-refractivity contribution in [2.45, 2.75) is 44.2 Å². The first kappa shape index (κ1) is 16.5. The van der Waals surface area contributed by atoms with Crippen LogP contribution in [0.3, 0.4) is 0 Å². The molecule has 3 N–H and O–H groups in total. The third-order valence-electron chi connectivity index (χ3n) is 5.64. The van der Waals surface area contributed by atoms with E-state index in [1.165, 1.54) is 18.2 Å². The fourth-order valence-electron chi connectivity index (χ4n) is 4.49. The van der Waals surface area contributed by atoms with E-state index >= 15 is 0 Å². The molecule has 3 unspecified atom stereocenters. The van der Waals surface area contributed by atoms with Gasteiger partial charge < -0.3 is 20.5 Å². The molecule has 5 nitrogen and oxygen atoms in total. The molecule has 1 aromatic rings. The van der Waals surface area contributed by atoms with Crippen LogP contribution in [0.25, 0.3) is 0 Å². The lowest BCUT2D eigenvalue weighted by atomic mass is 9.46. The lowest BCUT2D eigenvalue weighted by Gasteiger charge is -2.61. The molecule has 2 aliphatic carbocycles. The number of anilines is 1. The molecule has 3 fully saturated rings. The van der Waals surface area contributed by atoms with Gasteiger partial charge in [-0.2, -0.15) is 0 Å². The maximum atomic E-state index is 12.5. The maximum absolute atomic E-state index is 12.5. The first-order valence-corrected chi connectivity index (χ1v) is 8.46. The molecule has 1 heterocycles. The summed E-state index contributed by atoms with van der Waals surface area (Å²) in [4.78, 5) is 4.60. The second-order valence-electron chi connectivity index (χ2n) is 6.96. The number of ether oxygens (including phenoxy) is 2. The van der Waals surface area contributed by atoms with E-state index in [1.807, 2.05) is 0 Å². The summed E-state index contributed by atoms with van der Waals surface area (Å²) >= 11 is 0. The van der Waals surface area contributed by atoms with Crippen molar-refractivity contribution < 1.29 is 22.6 Å². The lowest BCUT2D eigenvalue weighted by molar-refractivity contribution is -0.274. The average Bonchev–Trinajstić information content (AvgIpc) is 2.89. The minimum Gasteiger partial charge on any atom is -0.404 e. The molecule has 0 bridgehead atoms. The van der Waals surface area contributed by atoms with E-state index in [9.17, 15) is 13.2 Å². The number of halogens is 3. The normalized spacial score (nSPS) is 30.4. The molecule has 0 radical (unpaired) electrons. The molecule has 25 heavy (non-hydrogen) atoms. The summed E-state index contributed by atoms with van der Waals surface area (Å²) in [6.45, 7) is 0.749. The minimum atomic E-state index is -4.76. The van der Waals surface area contributed by atoms with Crippen LogP contribution in [0.2, 0.25) is 0 Å². The Morgan fingerprint density at radius 2 is 2.08 bits per heavy atom. The molecule has 2 saturated carbocycles. The van der Waals surface area contributed by atoms with E-state index in [2.05, 4.69) is 15.0 Å². The fourth-order valence-corrected chi connectivity index (χ4v) is 4.49. The van der Waals surface area contributed by atoms with E-state index in [-0.39, 0.29) is 35.0 Å². The summed E-state index contributed by atoms with van der Waals surface area (Å²) in [6, 6.07) is 5.87. The van der Waals surface area contributed by atoms with Crippen molar-refractivity contribution in [3.05, 3.63) is 24.3 Å². The molecule has 136 valence electrons. The van der Waals surface area contributed by atoms with Crippen LogP contribution in [0.1, 0.15) is 25.7 Å². The van der Waals surface area contributed by atoms with E-state index in [0.717, 1.165) is 32.3 Å². The Hall–Kier alpha value is -1.96. The zero-order valence-electron chi connectivity index (χ0n) is 13.6. The highest BCUT2D eigenvalue weighted by atomic mass is 19.4. The molecule has 3 atom stereocenters. The van der Waals surface area contributed by atoms with Crippen LogP contribution >= 0.6 is 0 Å². The number of rotatable bonds is 3. The summed E-state index contributed by atoms with van der Waals surface area (Å²) in [7, 11) is 0. The van der Waals surface area contributed by atoms with Crippen LogP contribution in [-0.2, 0) is 4.74 Å². The Balaban J connectivity index is 1.51. The highest BCUT2D eigenvalue weighted by molar-refractivity contribution is 5.93. The number of nitrogens with one attached hydrogen (secondary N) is 1. The van der Waals surface area contributed by atoms with Crippen molar-refractivity contribution in [1.82, 2.24) is 0 Å². The van der Waals surface area contributed by atoms with Crippen molar-refractivity contribution in [3.63, 3.8) is 0 Å². The molecule has 3 aliphatic rings. The number of hydrogen-bond donors (Lipinski definition) is 2. The van der Waals surface area contributed by atoms with Crippen LogP contribution < -0.4 is 15.8 Å². The number of fused-ring (bicyclic) bond motifs is 2. The van der Waals surface area contributed by atoms with Gasteiger partial charge in [0, 0.05) is 17.9 Å². The number of hydrogen-bond acceptors (Lipinski definition) is 3. The standard InChI is InChI=1S/C17H20F3N3O2/c18-17(19,20)25-12-5-2-1-4-11(12)22-15(21)23-13-10-6-9-24-14(10)16(13)7-3-8-16/h1-2,4-5,10,13-14H,3,6-9H2,(H3,21,22,23). The average molecular weight is 355 g/mol. The molecular formula is C17H20F3N3O2. The van der Waals surface area contributed by atoms with Gasteiger partial charge in [0.2, 0.25) is 0 Å². The quantitative estimate of drug-likeness (QED) is 0.645. The van der Waals surface area contributed by atoms with Gasteiger partial charge in [-0.15, -0.1) is 13.2 Å². The zero-order chi connectivity index (χ0) is 17.7. The van der Waals surface area contributed by atoms with Gasteiger partial charge in [0.15, 0.2) is 11.7 Å². The molecule has 1 saturated heterocycles. The van der Waals surface area contributed by atoms with Crippen molar-refractivity contribution >= 4 is 11.6 Å². The maximum Gasteiger partial charge on any atom is 0.573 e. The first-order valence-electron chi connectivity index (χ1n) is 8.46. The summed E-state index contributed by atoms with van der Waals surface area (Å²) in [6.07, 6.45) is -0.228. The number of benzene rings is 1. The zero-order valence-corrected chi connectivity index (χ0v) is 13.6. The Kier molecular flexibility index (Phi) is 3.82. The van der Waals surface area contributed by atoms with E-state index in [4.69, 9.17) is 10.5 Å². The SMILES string of the molecule is NC(=NC1C2CCOC2C12CCC2)Nc1ccccc1OC(F)(F)F. The molecule has 0 amide bonds. The van der Waals surface area contributed by atoms with Gasteiger partial charge in [0.1, 0.15) is 0 Å². The lowest BCUT2D eigenvalue weighted by Crippen LogP contribution is -2.65. The number of guanidine groups is 1. The first-order chi connectivity index (χ1) is 11.9. The summed E-state index contributed by atoms with van der Waals surface area (Å²) in [5, 5.41) is 2.76. The largest absolute Gasteiger partial charge is 0.573 e. The minimum absolute atomic E-state index is 0.0788. The van der Waals surface area contributed by atoms with Crippen LogP contribution in [-0.4, -0.2) is 31.1 Å². The number of alkyl halides is 3. The monoisotopic (exact) mass is 355 g/mol. The van der Waals surface area contributed by atoms with Crippen LogP contribution in [0.4, 0.5) is 18.9 Å². The van der Waals surface area contributed by atoms with Gasteiger partial charge in [0.05, 0.1) is 17.8 Å². The number of nitrogens with two attached hydrogens (primary N) is 1. The third kappa shape index (κ3) is 2.82. The summed E-state index contributed by atoms with van der Waals surface area (Å²) in [5.74, 6) is 0.143. The van der Waals surface area contributed by atoms with Gasteiger partial charge in [-0.05, 0) is 31.4 Å². The molecule has 8 heteroatoms.